The molecule has 0 radical (unpaired) electrons. The predicted octanol–water partition coefficient (Wildman–Crippen LogP) is 5.52. The van der Waals surface area contributed by atoms with Crippen molar-refractivity contribution < 1.29 is 28.5 Å². The van der Waals surface area contributed by atoms with Crippen molar-refractivity contribution in [2.75, 3.05) is 13.2 Å². The Morgan fingerprint density at radius 3 is 2.50 bits per heavy atom. The summed E-state index contributed by atoms with van der Waals surface area (Å²) < 4.78 is 22.1. The summed E-state index contributed by atoms with van der Waals surface area (Å²) in [7, 11) is 0. The third-order valence-electron chi connectivity index (χ3n) is 4.39. The highest BCUT2D eigenvalue weighted by Gasteiger charge is 2.30. The van der Waals surface area contributed by atoms with Gasteiger partial charge in [-0.3, -0.25) is 4.79 Å². The molecule has 0 fully saturated rings. The molecule has 0 bridgehead atoms. The number of benzene rings is 2. The average Bonchev–Trinajstić information content (AvgIpc) is 2.67. The molecule has 6 nitrogen and oxygen atoms in total. The highest BCUT2D eigenvalue weighted by atomic mass is 35.5. The van der Waals surface area contributed by atoms with Gasteiger partial charge in [0.05, 0.1) is 29.7 Å². The van der Waals surface area contributed by atoms with Crippen LogP contribution in [0, 0.1) is 0 Å². The average molecular weight is 433 g/mol. The van der Waals surface area contributed by atoms with Crippen LogP contribution in [0.25, 0.3) is 0 Å². The molecule has 0 aromatic heterocycles. The molecule has 0 aliphatic carbocycles. The summed E-state index contributed by atoms with van der Waals surface area (Å²) in [6, 6.07) is 9.94. The van der Waals surface area contributed by atoms with E-state index in [2.05, 4.69) is 0 Å². The molecule has 0 amide bonds. The van der Waals surface area contributed by atoms with E-state index in [-0.39, 0.29) is 5.97 Å². The van der Waals surface area contributed by atoms with Gasteiger partial charge in [0.2, 0.25) is 0 Å². The SMILES string of the molecule is CCOC(=O)C1CCOc2cc(Oc3ccc(C(=O)OC(C)(C)C)cc3)c(Cl)cc21. The minimum atomic E-state index is -0.565. The Hall–Kier alpha value is -2.73. The van der Waals surface area contributed by atoms with Gasteiger partial charge in [0.1, 0.15) is 22.8 Å². The quantitative estimate of drug-likeness (QED) is 0.579. The number of ether oxygens (including phenoxy) is 4. The van der Waals surface area contributed by atoms with Crippen LogP contribution in [0.15, 0.2) is 36.4 Å². The van der Waals surface area contributed by atoms with Crippen LogP contribution >= 0.6 is 11.6 Å². The van der Waals surface area contributed by atoms with E-state index in [0.717, 1.165) is 0 Å². The molecule has 0 saturated carbocycles. The number of halogens is 1. The second-order valence-electron chi connectivity index (χ2n) is 7.89. The molecule has 0 spiro atoms. The van der Waals surface area contributed by atoms with Gasteiger partial charge < -0.3 is 18.9 Å². The second kappa shape index (κ2) is 8.96. The van der Waals surface area contributed by atoms with Crippen molar-refractivity contribution in [1.82, 2.24) is 0 Å². The Labute approximate surface area is 181 Å². The summed E-state index contributed by atoms with van der Waals surface area (Å²) in [6.07, 6.45) is 0.536. The molecule has 1 atom stereocenters. The van der Waals surface area contributed by atoms with Crippen LogP contribution in [0.3, 0.4) is 0 Å². The first kappa shape index (κ1) is 22.0. The molecular weight excluding hydrogens is 408 g/mol. The lowest BCUT2D eigenvalue weighted by Crippen LogP contribution is -2.23. The molecule has 1 heterocycles. The zero-order chi connectivity index (χ0) is 21.9. The first-order valence-corrected chi connectivity index (χ1v) is 10.2. The van der Waals surface area contributed by atoms with Crippen LogP contribution in [-0.4, -0.2) is 30.8 Å². The van der Waals surface area contributed by atoms with E-state index in [0.29, 0.717) is 53.0 Å². The van der Waals surface area contributed by atoms with E-state index in [1.807, 2.05) is 20.8 Å². The molecule has 160 valence electrons. The Morgan fingerprint density at radius 1 is 1.17 bits per heavy atom. The van der Waals surface area contributed by atoms with Crippen molar-refractivity contribution in [1.29, 1.82) is 0 Å². The molecule has 2 aromatic carbocycles. The minimum Gasteiger partial charge on any atom is -0.493 e. The zero-order valence-corrected chi connectivity index (χ0v) is 18.2. The number of hydrogen-bond donors (Lipinski definition) is 0. The van der Waals surface area contributed by atoms with E-state index in [4.69, 9.17) is 30.5 Å². The van der Waals surface area contributed by atoms with Crippen molar-refractivity contribution in [3.8, 4) is 17.2 Å². The van der Waals surface area contributed by atoms with Gasteiger partial charge in [-0.25, -0.2) is 4.79 Å². The molecular formula is C23H25ClO6. The lowest BCUT2D eigenvalue weighted by Gasteiger charge is -2.25. The maximum absolute atomic E-state index is 12.2. The van der Waals surface area contributed by atoms with Crippen LogP contribution < -0.4 is 9.47 Å². The van der Waals surface area contributed by atoms with E-state index < -0.39 is 17.5 Å². The normalized spacial score (nSPS) is 15.6. The fourth-order valence-electron chi connectivity index (χ4n) is 3.08. The lowest BCUT2D eigenvalue weighted by atomic mass is 9.93. The van der Waals surface area contributed by atoms with Crippen LogP contribution in [0.5, 0.6) is 17.2 Å². The van der Waals surface area contributed by atoms with E-state index in [9.17, 15) is 9.59 Å². The standard InChI is InChI=1S/C23H25ClO6/c1-5-27-22(26)16-10-11-28-19-13-20(18(24)12-17(16)19)29-15-8-6-14(7-9-15)21(25)30-23(2,3)4/h6-9,12-13,16H,5,10-11H2,1-4H3. The number of carbonyl (C=O) groups is 2. The molecule has 7 heteroatoms. The summed E-state index contributed by atoms with van der Waals surface area (Å²) in [5, 5.41) is 0.352. The van der Waals surface area contributed by atoms with Gasteiger partial charge in [0.15, 0.2) is 0 Å². The van der Waals surface area contributed by atoms with Crippen LogP contribution in [0.2, 0.25) is 5.02 Å². The fourth-order valence-corrected chi connectivity index (χ4v) is 3.29. The number of esters is 2. The molecule has 3 rings (SSSR count). The monoisotopic (exact) mass is 432 g/mol. The molecule has 1 aliphatic heterocycles. The Kier molecular flexibility index (Phi) is 6.56. The van der Waals surface area contributed by atoms with Gasteiger partial charge in [0, 0.05) is 11.6 Å². The summed E-state index contributed by atoms with van der Waals surface area (Å²) >= 11 is 6.41. The van der Waals surface area contributed by atoms with E-state index >= 15 is 0 Å². The summed E-state index contributed by atoms with van der Waals surface area (Å²) in [5.74, 6) is 0.341. The van der Waals surface area contributed by atoms with Crippen molar-refractivity contribution in [2.45, 2.75) is 45.6 Å². The van der Waals surface area contributed by atoms with Crippen LogP contribution in [-0.2, 0) is 14.3 Å². The summed E-state index contributed by atoms with van der Waals surface area (Å²) in [4.78, 5) is 24.4. The highest BCUT2D eigenvalue weighted by molar-refractivity contribution is 6.32. The van der Waals surface area contributed by atoms with Crippen molar-refractivity contribution in [2.24, 2.45) is 0 Å². The number of hydrogen-bond acceptors (Lipinski definition) is 6. The van der Waals surface area contributed by atoms with Gasteiger partial charge >= 0.3 is 11.9 Å². The summed E-state index contributed by atoms with van der Waals surface area (Å²) in [6.45, 7) is 7.94. The molecule has 0 saturated heterocycles. The van der Waals surface area contributed by atoms with Crippen LogP contribution in [0.1, 0.15) is 56.0 Å². The predicted molar refractivity (Wildman–Crippen MR) is 113 cm³/mol. The first-order valence-electron chi connectivity index (χ1n) is 9.82. The highest BCUT2D eigenvalue weighted by Crippen LogP contribution is 2.42. The molecule has 0 N–H and O–H groups in total. The van der Waals surface area contributed by atoms with Crippen LogP contribution in [0.4, 0.5) is 0 Å². The van der Waals surface area contributed by atoms with Gasteiger partial charge in [-0.1, -0.05) is 11.6 Å². The minimum absolute atomic E-state index is 0.287. The Bertz CT molecular complexity index is 930. The third-order valence-corrected chi connectivity index (χ3v) is 4.69. The van der Waals surface area contributed by atoms with Gasteiger partial charge in [-0.2, -0.15) is 0 Å². The maximum Gasteiger partial charge on any atom is 0.338 e. The molecule has 30 heavy (non-hydrogen) atoms. The van der Waals surface area contributed by atoms with E-state index in [1.165, 1.54) is 0 Å². The van der Waals surface area contributed by atoms with Crippen molar-refractivity contribution >= 4 is 23.5 Å². The maximum atomic E-state index is 12.2. The topological polar surface area (TPSA) is 71.1 Å². The van der Waals surface area contributed by atoms with Gasteiger partial charge in [0.25, 0.3) is 0 Å². The third kappa shape index (κ3) is 5.25. The molecule has 2 aromatic rings. The Morgan fingerprint density at radius 2 is 1.87 bits per heavy atom. The van der Waals surface area contributed by atoms with E-state index in [1.54, 1.807) is 43.3 Å². The van der Waals surface area contributed by atoms with Crippen molar-refractivity contribution in [3.05, 3.63) is 52.5 Å². The lowest BCUT2D eigenvalue weighted by molar-refractivity contribution is -0.145. The van der Waals surface area contributed by atoms with Gasteiger partial charge in [-0.05, 0) is 64.4 Å². The number of fused-ring (bicyclic) bond motifs is 1. The number of carbonyl (C=O) groups excluding carboxylic acids is 2. The molecule has 1 unspecified atom stereocenters. The smallest absolute Gasteiger partial charge is 0.338 e. The van der Waals surface area contributed by atoms with Crippen molar-refractivity contribution in [3.63, 3.8) is 0 Å². The fraction of sp³-hybridized carbons (Fsp3) is 0.391. The second-order valence-corrected chi connectivity index (χ2v) is 8.30. The molecule has 1 aliphatic rings. The summed E-state index contributed by atoms with van der Waals surface area (Å²) in [5.41, 5.74) is 0.552. The largest absolute Gasteiger partial charge is 0.493 e. The first-order chi connectivity index (χ1) is 14.2. The Balaban J connectivity index is 1.78. The zero-order valence-electron chi connectivity index (χ0n) is 17.5. The van der Waals surface area contributed by atoms with Gasteiger partial charge in [-0.15, -0.1) is 0 Å². The number of rotatable bonds is 5.